The van der Waals surface area contributed by atoms with E-state index in [2.05, 4.69) is 4.98 Å². The van der Waals surface area contributed by atoms with Crippen molar-refractivity contribution < 1.29 is 14.6 Å². The van der Waals surface area contributed by atoms with E-state index in [0.717, 1.165) is 0 Å². The van der Waals surface area contributed by atoms with E-state index in [1.54, 1.807) is 41.1 Å². The average molecular weight is 290 g/mol. The Morgan fingerprint density at radius 1 is 1.38 bits per heavy atom. The van der Waals surface area contributed by atoms with Gasteiger partial charge in [-0.1, -0.05) is 25.1 Å². The van der Waals surface area contributed by atoms with Crippen LogP contribution in [0.25, 0.3) is 11.8 Å². The van der Waals surface area contributed by atoms with E-state index in [1.165, 1.54) is 12.4 Å². The van der Waals surface area contributed by atoms with Crippen molar-refractivity contribution in [2.24, 2.45) is 5.92 Å². The topological polar surface area (TPSA) is 58.3 Å². The van der Waals surface area contributed by atoms with Gasteiger partial charge in [0.25, 0.3) is 0 Å². The zero-order valence-electron chi connectivity index (χ0n) is 11.9. The second-order valence-corrected chi connectivity index (χ2v) is 4.82. The van der Waals surface area contributed by atoms with Crippen LogP contribution in [0.1, 0.15) is 19.0 Å². The molecule has 0 fully saturated rings. The standard InChI is InChI=1S/C16H19FN2O2/c1-2-16(21)12(10-20)7-8-13-9-18-11-19(13)15-6-4-3-5-14(15)17/h3-9,11-12,16,20-21H,2,10H2,1H3/b8-7+. The first-order chi connectivity index (χ1) is 10.2. The lowest BCUT2D eigenvalue weighted by Gasteiger charge is -2.15. The second-order valence-electron chi connectivity index (χ2n) is 4.82. The fourth-order valence-electron chi connectivity index (χ4n) is 2.11. The Kier molecular flexibility index (Phi) is 5.25. The molecule has 1 heterocycles. The molecule has 4 nitrogen and oxygen atoms in total. The molecule has 0 saturated carbocycles. The molecule has 2 N–H and O–H groups in total. The van der Waals surface area contributed by atoms with Crippen molar-refractivity contribution in [3.63, 3.8) is 0 Å². The number of rotatable bonds is 6. The quantitative estimate of drug-likeness (QED) is 0.859. The minimum atomic E-state index is -0.601. The molecule has 21 heavy (non-hydrogen) atoms. The van der Waals surface area contributed by atoms with Gasteiger partial charge in [-0.25, -0.2) is 9.37 Å². The number of nitrogens with zero attached hydrogens (tertiary/aromatic N) is 2. The normalized spacial score (nSPS) is 14.5. The first-order valence-electron chi connectivity index (χ1n) is 6.91. The molecule has 2 rings (SSSR count). The number of aromatic nitrogens is 2. The molecule has 5 heteroatoms. The highest BCUT2D eigenvalue weighted by atomic mass is 19.1. The monoisotopic (exact) mass is 290 g/mol. The second kappa shape index (κ2) is 7.15. The molecule has 2 atom stereocenters. The zero-order chi connectivity index (χ0) is 15.2. The van der Waals surface area contributed by atoms with Gasteiger partial charge < -0.3 is 10.2 Å². The van der Waals surface area contributed by atoms with Crippen molar-refractivity contribution in [2.45, 2.75) is 19.4 Å². The summed E-state index contributed by atoms with van der Waals surface area (Å²) < 4.78 is 15.5. The highest BCUT2D eigenvalue weighted by Crippen LogP contribution is 2.17. The molecule has 0 aliphatic rings. The number of aliphatic hydroxyl groups is 2. The summed E-state index contributed by atoms with van der Waals surface area (Å²) in [7, 11) is 0. The average Bonchev–Trinajstić information content (AvgIpc) is 2.96. The van der Waals surface area contributed by atoms with Crippen LogP contribution < -0.4 is 0 Å². The minimum absolute atomic E-state index is 0.140. The Morgan fingerprint density at radius 3 is 2.81 bits per heavy atom. The summed E-state index contributed by atoms with van der Waals surface area (Å²) in [5.74, 6) is -0.684. The molecule has 0 saturated heterocycles. The first-order valence-corrected chi connectivity index (χ1v) is 6.91. The molecular formula is C16H19FN2O2. The van der Waals surface area contributed by atoms with Gasteiger partial charge in [0.05, 0.1) is 36.6 Å². The predicted molar refractivity (Wildman–Crippen MR) is 79.4 cm³/mol. The molecule has 2 aromatic rings. The van der Waals surface area contributed by atoms with Crippen LogP contribution in [-0.2, 0) is 0 Å². The van der Waals surface area contributed by atoms with E-state index >= 15 is 0 Å². The molecule has 0 radical (unpaired) electrons. The highest BCUT2D eigenvalue weighted by Gasteiger charge is 2.13. The van der Waals surface area contributed by atoms with E-state index in [1.807, 2.05) is 6.92 Å². The molecule has 2 unspecified atom stereocenters. The van der Waals surface area contributed by atoms with Gasteiger partial charge >= 0.3 is 0 Å². The summed E-state index contributed by atoms with van der Waals surface area (Å²) in [6, 6.07) is 6.44. The lowest BCUT2D eigenvalue weighted by Crippen LogP contribution is -2.20. The first kappa shape index (κ1) is 15.4. The van der Waals surface area contributed by atoms with Crippen molar-refractivity contribution >= 4 is 6.08 Å². The van der Waals surface area contributed by atoms with Crippen molar-refractivity contribution in [1.29, 1.82) is 0 Å². The van der Waals surface area contributed by atoms with Gasteiger partial charge in [0.15, 0.2) is 0 Å². The summed E-state index contributed by atoms with van der Waals surface area (Å²) in [6.07, 6.45) is 6.55. The van der Waals surface area contributed by atoms with Crippen molar-refractivity contribution in [3.05, 3.63) is 54.4 Å². The smallest absolute Gasteiger partial charge is 0.147 e. The highest BCUT2D eigenvalue weighted by molar-refractivity contribution is 5.49. The molecule has 0 aliphatic heterocycles. The van der Waals surface area contributed by atoms with Gasteiger partial charge in [-0.05, 0) is 24.6 Å². The number of imidazole rings is 1. The number of hydrogen-bond acceptors (Lipinski definition) is 3. The SMILES string of the molecule is CCC(O)C(/C=C/c1cncn1-c1ccccc1F)CO. The lowest BCUT2D eigenvalue weighted by atomic mass is 10.0. The fraction of sp³-hybridized carbons (Fsp3) is 0.312. The third-order valence-electron chi connectivity index (χ3n) is 3.42. The maximum absolute atomic E-state index is 13.8. The Morgan fingerprint density at radius 2 is 2.14 bits per heavy atom. The number of aliphatic hydroxyl groups excluding tert-OH is 2. The van der Waals surface area contributed by atoms with Crippen LogP contribution in [0.2, 0.25) is 0 Å². The van der Waals surface area contributed by atoms with E-state index in [9.17, 15) is 14.6 Å². The van der Waals surface area contributed by atoms with Crippen LogP contribution in [0.15, 0.2) is 42.9 Å². The summed E-state index contributed by atoms with van der Waals surface area (Å²) in [6.45, 7) is 1.71. The van der Waals surface area contributed by atoms with Gasteiger partial charge in [0, 0.05) is 5.92 Å². The summed E-state index contributed by atoms with van der Waals surface area (Å²) in [4.78, 5) is 4.03. The van der Waals surface area contributed by atoms with Crippen LogP contribution in [0, 0.1) is 11.7 Å². The van der Waals surface area contributed by atoms with Crippen molar-refractivity contribution in [2.75, 3.05) is 6.61 Å². The Bertz CT molecular complexity index is 610. The van der Waals surface area contributed by atoms with Gasteiger partial charge in [0.1, 0.15) is 5.82 Å². The maximum Gasteiger partial charge on any atom is 0.147 e. The van der Waals surface area contributed by atoms with E-state index in [0.29, 0.717) is 17.8 Å². The van der Waals surface area contributed by atoms with E-state index < -0.39 is 6.10 Å². The van der Waals surface area contributed by atoms with Crippen molar-refractivity contribution in [1.82, 2.24) is 9.55 Å². The summed E-state index contributed by atoms with van der Waals surface area (Å²) in [5.41, 5.74) is 1.09. The van der Waals surface area contributed by atoms with Crippen LogP contribution in [-0.4, -0.2) is 32.5 Å². The summed E-state index contributed by atoms with van der Waals surface area (Å²) in [5, 5.41) is 19.1. The molecule has 1 aromatic carbocycles. The number of benzene rings is 1. The molecular weight excluding hydrogens is 271 g/mol. The van der Waals surface area contributed by atoms with Crippen molar-refractivity contribution in [3.8, 4) is 5.69 Å². The molecule has 0 amide bonds. The largest absolute Gasteiger partial charge is 0.396 e. The lowest BCUT2D eigenvalue weighted by molar-refractivity contribution is 0.0891. The minimum Gasteiger partial charge on any atom is -0.396 e. The number of hydrogen-bond donors (Lipinski definition) is 2. The van der Waals surface area contributed by atoms with Crippen LogP contribution >= 0.6 is 0 Å². The Hall–Kier alpha value is -1.98. The van der Waals surface area contributed by atoms with Crippen LogP contribution in [0.3, 0.4) is 0 Å². The van der Waals surface area contributed by atoms with E-state index in [4.69, 9.17) is 0 Å². The van der Waals surface area contributed by atoms with E-state index in [-0.39, 0.29) is 18.3 Å². The molecule has 0 spiro atoms. The Balaban J connectivity index is 2.27. The van der Waals surface area contributed by atoms with Gasteiger partial charge in [-0.3, -0.25) is 4.57 Å². The molecule has 0 aliphatic carbocycles. The number of halogens is 1. The van der Waals surface area contributed by atoms with Gasteiger partial charge in [-0.15, -0.1) is 0 Å². The predicted octanol–water partition coefficient (Wildman–Crippen LogP) is 2.40. The maximum atomic E-state index is 13.8. The fourth-order valence-corrected chi connectivity index (χ4v) is 2.11. The third-order valence-corrected chi connectivity index (χ3v) is 3.42. The molecule has 0 bridgehead atoms. The zero-order valence-corrected chi connectivity index (χ0v) is 11.9. The Labute approximate surface area is 123 Å². The third kappa shape index (κ3) is 3.56. The molecule has 112 valence electrons. The van der Waals surface area contributed by atoms with Crippen LogP contribution in [0.5, 0.6) is 0 Å². The van der Waals surface area contributed by atoms with Gasteiger partial charge in [0.2, 0.25) is 0 Å². The van der Waals surface area contributed by atoms with Gasteiger partial charge in [-0.2, -0.15) is 0 Å². The van der Waals surface area contributed by atoms with Crippen LogP contribution in [0.4, 0.5) is 4.39 Å². The molecule has 1 aromatic heterocycles. The summed E-state index contributed by atoms with van der Waals surface area (Å²) >= 11 is 0. The number of para-hydroxylation sites is 1.